The van der Waals surface area contributed by atoms with Crippen LogP contribution < -0.4 is 5.73 Å². The van der Waals surface area contributed by atoms with Gasteiger partial charge in [-0.2, -0.15) is 0 Å². The molecule has 0 bridgehead atoms. The summed E-state index contributed by atoms with van der Waals surface area (Å²) in [6.45, 7) is 1.44. The van der Waals surface area contributed by atoms with E-state index >= 15 is 0 Å². The number of nitrogens with zero attached hydrogens (tertiary/aromatic N) is 1. The Morgan fingerprint density at radius 2 is 1.58 bits per heavy atom. The summed E-state index contributed by atoms with van der Waals surface area (Å²) in [5, 5.41) is 0. The Morgan fingerprint density at radius 3 is 2.15 bits per heavy atom. The molecule has 0 unspecified atom stereocenters. The highest BCUT2D eigenvalue weighted by atomic mass is 19.1. The molecule has 1 aromatic carbocycles. The summed E-state index contributed by atoms with van der Waals surface area (Å²) >= 11 is 0. The van der Waals surface area contributed by atoms with Gasteiger partial charge in [0.15, 0.2) is 5.78 Å². The fourth-order valence-corrected chi connectivity index (χ4v) is 3.31. The van der Waals surface area contributed by atoms with Crippen LogP contribution in [0.1, 0.15) is 55.3 Å². The van der Waals surface area contributed by atoms with E-state index in [0.29, 0.717) is 51.0 Å². The smallest absolute Gasteiger partial charge is 0.222 e. The minimum atomic E-state index is -1.18. The highest BCUT2D eigenvalue weighted by molar-refractivity contribution is 5.98. The molecule has 0 atom stereocenters. The molecule has 1 aromatic rings. The number of carbonyl (C=O) groups is 2. The number of Topliss-reactive ketones (excluding diaryl/α,β-unsaturated/α-hetero) is 1. The SMILES string of the molecule is NCCCCCCC(=O)N1CCC(C(=O)c2c(F)cc(F)cc2F)CC1. The summed E-state index contributed by atoms with van der Waals surface area (Å²) in [4.78, 5) is 26.3. The minimum absolute atomic E-state index is 0.0443. The fourth-order valence-electron chi connectivity index (χ4n) is 3.31. The molecule has 1 fully saturated rings. The molecule has 26 heavy (non-hydrogen) atoms. The van der Waals surface area contributed by atoms with E-state index in [1.54, 1.807) is 4.90 Å². The maximum absolute atomic E-state index is 13.8. The summed E-state index contributed by atoms with van der Waals surface area (Å²) in [5.74, 6) is -4.58. The quantitative estimate of drug-likeness (QED) is 0.563. The van der Waals surface area contributed by atoms with Gasteiger partial charge in [-0.15, -0.1) is 0 Å². The van der Waals surface area contributed by atoms with Gasteiger partial charge in [-0.25, -0.2) is 13.2 Å². The fraction of sp³-hybridized carbons (Fsp3) is 0.579. The lowest BCUT2D eigenvalue weighted by Gasteiger charge is -2.31. The van der Waals surface area contributed by atoms with Crippen LogP contribution in [-0.4, -0.2) is 36.2 Å². The van der Waals surface area contributed by atoms with Crippen molar-refractivity contribution < 1.29 is 22.8 Å². The molecule has 1 saturated heterocycles. The van der Waals surface area contributed by atoms with Gasteiger partial charge in [-0.05, 0) is 32.2 Å². The zero-order valence-electron chi connectivity index (χ0n) is 14.8. The van der Waals surface area contributed by atoms with E-state index in [1.165, 1.54) is 0 Å². The number of amides is 1. The van der Waals surface area contributed by atoms with E-state index in [-0.39, 0.29) is 5.91 Å². The zero-order chi connectivity index (χ0) is 19.1. The van der Waals surface area contributed by atoms with Gasteiger partial charge in [0, 0.05) is 37.6 Å². The molecule has 0 radical (unpaired) electrons. The molecule has 144 valence electrons. The van der Waals surface area contributed by atoms with Gasteiger partial charge in [-0.3, -0.25) is 9.59 Å². The lowest BCUT2D eigenvalue weighted by molar-refractivity contribution is -0.132. The van der Waals surface area contributed by atoms with Gasteiger partial charge in [0.25, 0.3) is 0 Å². The lowest BCUT2D eigenvalue weighted by atomic mass is 9.88. The summed E-state index contributed by atoms with van der Waals surface area (Å²) < 4.78 is 40.5. The number of piperidine rings is 1. The van der Waals surface area contributed by atoms with E-state index in [4.69, 9.17) is 5.73 Å². The molecule has 1 aliphatic heterocycles. The molecule has 0 aliphatic carbocycles. The normalized spacial score (nSPS) is 15.3. The first-order valence-corrected chi connectivity index (χ1v) is 9.10. The topological polar surface area (TPSA) is 63.4 Å². The van der Waals surface area contributed by atoms with Crippen LogP contribution in [0.15, 0.2) is 12.1 Å². The van der Waals surface area contributed by atoms with E-state index < -0.39 is 34.7 Å². The van der Waals surface area contributed by atoms with Crippen LogP contribution in [0, 0.1) is 23.4 Å². The number of benzene rings is 1. The van der Waals surface area contributed by atoms with Gasteiger partial charge in [0.1, 0.15) is 17.5 Å². The number of nitrogens with two attached hydrogens (primary N) is 1. The maximum Gasteiger partial charge on any atom is 0.222 e. The van der Waals surface area contributed by atoms with Crippen molar-refractivity contribution in [2.75, 3.05) is 19.6 Å². The first-order valence-electron chi connectivity index (χ1n) is 9.10. The average Bonchev–Trinajstić information content (AvgIpc) is 2.60. The van der Waals surface area contributed by atoms with Crippen LogP contribution in [0.4, 0.5) is 13.2 Å². The predicted octanol–water partition coefficient (Wildman–Crippen LogP) is 3.43. The zero-order valence-corrected chi connectivity index (χ0v) is 14.8. The average molecular weight is 370 g/mol. The maximum atomic E-state index is 13.8. The van der Waals surface area contributed by atoms with E-state index in [9.17, 15) is 22.8 Å². The Labute approximate surface area is 151 Å². The molecule has 2 rings (SSSR count). The Balaban J connectivity index is 1.84. The monoisotopic (exact) mass is 370 g/mol. The molecule has 1 heterocycles. The van der Waals surface area contributed by atoms with Crippen LogP contribution in [0.5, 0.6) is 0 Å². The van der Waals surface area contributed by atoms with Gasteiger partial charge < -0.3 is 10.6 Å². The highest BCUT2D eigenvalue weighted by Gasteiger charge is 2.31. The van der Waals surface area contributed by atoms with Gasteiger partial charge in [-0.1, -0.05) is 12.8 Å². The van der Waals surface area contributed by atoms with Crippen LogP contribution in [0.25, 0.3) is 0 Å². The first kappa shape index (κ1) is 20.4. The van der Waals surface area contributed by atoms with Crippen molar-refractivity contribution in [1.29, 1.82) is 0 Å². The molecule has 4 nitrogen and oxygen atoms in total. The number of unbranched alkanes of at least 4 members (excludes halogenated alkanes) is 3. The third kappa shape index (κ3) is 5.30. The van der Waals surface area contributed by atoms with Gasteiger partial charge in [0.2, 0.25) is 5.91 Å². The molecule has 0 saturated carbocycles. The second-order valence-corrected chi connectivity index (χ2v) is 6.72. The summed E-state index contributed by atoms with van der Waals surface area (Å²) in [6.07, 6.45) is 4.91. The number of hydrogen-bond acceptors (Lipinski definition) is 3. The number of likely N-dealkylation sites (tertiary alicyclic amines) is 1. The minimum Gasteiger partial charge on any atom is -0.343 e. The molecule has 2 N–H and O–H groups in total. The Morgan fingerprint density at radius 1 is 1.00 bits per heavy atom. The summed E-state index contributed by atoms with van der Waals surface area (Å²) in [7, 11) is 0. The van der Waals surface area contributed by atoms with Crippen molar-refractivity contribution in [3.63, 3.8) is 0 Å². The first-order chi connectivity index (χ1) is 12.4. The van der Waals surface area contributed by atoms with Gasteiger partial charge >= 0.3 is 0 Å². The highest BCUT2D eigenvalue weighted by Crippen LogP contribution is 2.26. The largest absolute Gasteiger partial charge is 0.343 e. The number of ketones is 1. The molecular formula is C19H25F3N2O2. The van der Waals surface area contributed by atoms with Crippen molar-refractivity contribution in [1.82, 2.24) is 4.90 Å². The number of carbonyl (C=O) groups excluding carboxylic acids is 2. The third-order valence-corrected chi connectivity index (χ3v) is 4.82. The standard InChI is InChI=1S/C19H25F3N2O2/c20-14-11-15(21)18(16(22)12-14)19(26)13-6-9-24(10-7-13)17(25)5-3-1-2-4-8-23/h11-13H,1-10,23H2. The van der Waals surface area contributed by atoms with Crippen LogP contribution in [0.3, 0.4) is 0 Å². The number of hydrogen-bond donors (Lipinski definition) is 1. The van der Waals surface area contributed by atoms with E-state index in [0.717, 1.165) is 25.7 Å². The third-order valence-electron chi connectivity index (χ3n) is 4.82. The molecular weight excluding hydrogens is 345 g/mol. The predicted molar refractivity (Wildman–Crippen MR) is 92.1 cm³/mol. The number of halogens is 3. The van der Waals surface area contributed by atoms with Crippen molar-refractivity contribution in [2.45, 2.75) is 44.9 Å². The van der Waals surface area contributed by atoms with Crippen molar-refractivity contribution in [2.24, 2.45) is 11.7 Å². The number of rotatable bonds is 8. The van der Waals surface area contributed by atoms with E-state index in [2.05, 4.69) is 0 Å². The summed E-state index contributed by atoms with van der Waals surface area (Å²) in [6, 6.07) is 1.03. The lowest BCUT2D eigenvalue weighted by Crippen LogP contribution is -2.40. The van der Waals surface area contributed by atoms with Crippen LogP contribution in [0.2, 0.25) is 0 Å². The van der Waals surface area contributed by atoms with Crippen molar-refractivity contribution >= 4 is 11.7 Å². The Kier molecular flexibility index (Phi) is 7.63. The second-order valence-electron chi connectivity index (χ2n) is 6.72. The second kappa shape index (κ2) is 9.71. The van der Waals surface area contributed by atoms with Gasteiger partial charge in [0.05, 0.1) is 5.56 Å². The Hall–Kier alpha value is -1.89. The molecule has 7 heteroatoms. The van der Waals surface area contributed by atoms with Crippen molar-refractivity contribution in [3.8, 4) is 0 Å². The molecule has 0 spiro atoms. The molecule has 1 amide bonds. The van der Waals surface area contributed by atoms with Crippen LogP contribution in [-0.2, 0) is 4.79 Å². The molecule has 0 aromatic heterocycles. The summed E-state index contributed by atoms with van der Waals surface area (Å²) in [5.41, 5.74) is 4.74. The van der Waals surface area contributed by atoms with E-state index in [1.807, 2.05) is 0 Å². The van der Waals surface area contributed by atoms with Crippen LogP contribution >= 0.6 is 0 Å². The molecule has 1 aliphatic rings. The Bertz CT molecular complexity index is 621. The van der Waals surface area contributed by atoms with Crippen molar-refractivity contribution in [3.05, 3.63) is 35.1 Å².